The summed E-state index contributed by atoms with van der Waals surface area (Å²) in [5.41, 5.74) is 3.39. The highest BCUT2D eigenvalue weighted by Gasteiger charge is 2.56. The van der Waals surface area contributed by atoms with E-state index in [0.29, 0.717) is 28.5 Å². The van der Waals surface area contributed by atoms with Gasteiger partial charge in [-0.2, -0.15) is 0 Å². The summed E-state index contributed by atoms with van der Waals surface area (Å²) in [5.74, 6) is -0.643. The van der Waals surface area contributed by atoms with Gasteiger partial charge in [-0.1, -0.05) is 23.4 Å². The number of rotatable bonds is 4. The van der Waals surface area contributed by atoms with Crippen LogP contribution in [0, 0.1) is 19.8 Å². The lowest BCUT2D eigenvalue weighted by atomic mass is 9.93. The number of carbonyl (C=O) groups excluding carboxylic acids is 2. The molecule has 2 aliphatic rings. The Hall–Kier alpha value is -3.35. The number of oxime groups is 1. The number of aryl methyl sites for hydroxylation is 1. The minimum absolute atomic E-state index is 0.357. The zero-order valence-corrected chi connectivity index (χ0v) is 16.1. The number of carbonyl (C=O) groups is 2. The van der Waals surface area contributed by atoms with Crippen LogP contribution >= 0.6 is 0 Å². The van der Waals surface area contributed by atoms with Crippen molar-refractivity contribution in [2.75, 3.05) is 19.1 Å². The van der Waals surface area contributed by atoms with Gasteiger partial charge in [0.05, 0.1) is 19.9 Å². The number of imide groups is 1. The molecule has 2 aliphatic heterocycles. The van der Waals surface area contributed by atoms with Crippen molar-refractivity contribution >= 4 is 23.2 Å². The first-order valence-corrected chi connectivity index (χ1v) is 8.88. The lowest BCUT2D eigenvalue weighted by Gasteiger charge is -2.19. The molecule has 2 heterocycles. The Kier molecular flexibility index (Phi) is 4.30. The van der Waals surface area contributed by atoms with Gasteiger partial charge in [-0.25, -0.2) is 4.90 Å². The Labute approximate surface area is 162 Å². The molecular formula is C21H20N2O5. The molecule has 1 fully saturated rings. The van der Waals surface area contributed by atoms with Crippen molar-refractivity contribution < 1.29 is 23.9 Å². The lowest BCUT2D eigenvalue weighted by Crippen LogP contribution is -2.33. The molecule has 1 saturated heterocycles. The molecule has 0 spiro atoms. The van der Waals surface area contributed by atoms with Crippen molar-refractivity contribution in [3.8, 4) is 11.5 Å². The smallest absolute Gasteiger partial charge is 0.278 e. The van der Waals surface area contributed by atoms with E-state index < -0.39 is 17.9 Å². The van der Waals surface area contributed by atoms with E-state index in [9.17, 15) is 9.59 Å². The summed E-state index contributed by atoms with van der Waals surface area (Å²) < 4.78 is 10.8. The summed E-state index contributed by atoms with van der Waals surface area (Å²) in [6.45, 7) is 3.83. The number of amides is 2. The van der Waals surface area contributed by atoms with Gasteiger partial charge in [-0.15, -0.1) is 0 Å². The highest BCUT2D eigenvalue weighted by Crippen LogP contribution is 2.40. The normalized spacial score (nSPS) is 20.7. The number of para-hydroxylation sites is 1. The van der Waals surface area contributed by atoms with E-state index in [0.717, 1.165) is 11.1 Å². The van der Waals surface area contributed by atoms with Gasteiger partial charge in [0.2, 0.25) is 12.0 Å². The maximum Gasteiger partial charge on any atom is 0.278 e. The van der Waals surface area contributed by atoms with Crippen molar-refractivity contribution in [3.63, 3.8) is 0 Å². The maximum atomic E-state index is 13.3. The molecule has 0 aliphatic carbocycles. The van der Waals surface area contributed by atoms with E-state index in [4.69, 9.17) is 14.3 Å². The summed E-state index contributed by atoms with van der Waals surface area (Å²) in [6.07, 6.45) is -0.974. The van der Waals surface area contributed by atoms with E-state index >= 15 is 0 Å². The molecule has 4 rings (SSSR count). The third-order valence-electron chi connectivity index (χ3n) is 5.31. The predicted molar refractivity (Wildman–Crippen MR) is 103 cm³/mol. The van der Waals surface area contributed by atoms with Crippen molar-refractivity contribution in [1.82, 2.24) is 0 Å². The van der Waals surface area contributed by atoms with Crippen LogP contribution in [0.15, 0.2) is 41.6 Å². The van der Waals surface area contributed by atoms with Crippen molar-refractivity contribution in [3.05, 3.63) is 53.1 Å². The Morgan fingerprint density at radius 3 is 2.46 bits per heavy atom. The predicted octanol–water partition coefficient (Wildman–Crippen LogP) is 2.61. The van der Waals surface area contributed by atoms with Gasteiger partial charge in [0.25, 0.3) is 5.91 Å². The molecule has 2 aromatic carbocycles. The standard InChI is InChI=1S/C21H20N2O5/c1-11-7-5-9-14(12(11)2)23-20(24)16-17(22-28-19(16)21(23)25)13-8-6-10-15(26-3)18(13)27-4/h5-10,16,19H,1-4H3. The van der Waals surface area contributed by atoms with Crippen molar-refractivity contribution in [2.24, 2.45) is 11.1 Å². The minimum Gasteiger partial charge on any atom is -0.493 e. The van der Waals surface area contributed by atoms with Crippen LogP contribution in [0.2, 0.25) is 0 Å². The molecule has 0 aromatic heterocycles. The largest absolute Gasteiger partial charge is 0.493 e. The number of hydrogen-bond donors (Lipinski definition) is 0. The van der Waals surface area contributed by atoms with Gasteiger partial charge < -0.3 is 14.3 Å². The molecule has 7 nitrogen and oxygen atoms in total. The fourth-order valence-corrected chi connectivity index (χ4v) is 3.70. The van der Waals surface area contributed by atoms with Gasteiger partial charge in [0.1, 0.15) is 11.6 Å². The highest BCUT2D eigenvalue weighted by molar-refractivity contribution is 6.33. The van der Waals surface area contributed by atoms with E-state index in [-0.39, 0.29) is 5.91 Å². The number of benzene rings is 2. The van der Waals surface area contributed by atoms with Crippen LogP contribution in [0.5, 0.6) is 11.5 Å². The second kappa shape index (κ2) is 6.67. The zero-order valence-electron chi connectivity index (χ0n) is 16.1. The van der Waals surface area contributed by atoms with E-state index in [1.54, 1.807) is 24.3 Å². The molecule has 144 valence electrons. The van der Waals surface area contributed by atoms with Crippen LogP contribution in [-0.2, 0) is 14.4 Å². The van der Waals surface area contributed by atoms with E-state index in [1.807, 2.05) is 26.0 Å². The summed E-state index contributed by atoms with van der Waals surface area (Å²) in [6, 6.07) is 10.8. The summed E-state index contributed by atoms with van der Waals surface area (Å²) in [7, 11) is 3.04. The molecule has 7 heteroatoms. The fraction of sp³-hybridized carbons (Fsp3) is 0.286. The Balaban J connectivity index is 1.77. The molecule has 0 saturated carbocycles. The third kappa shape index (κ3) is 2.46. The molecule has 0 bridgehead atoms. The number of ether oxygens (including phenoxy) is 2. The van der Waals surface area contributed by atoms with Crippen LogP contribution in [0.1, 0.15) is 16.7 Å². The van der Waals surface area contributed by atoms with Gasteiger partial charge in [-0.05, 0) is 43.2 Å². The quantitative estimate of drug-likeness (QED) is 0.762. The summed E-state index contributed by atoms with van der Waals surface area (Å²) >= 11 is 0. The first-order valence-electron chi connectivity index (χ1n) is 8.88. The second-order valence-corrected chi connectivity index (χ2v) is 6.75. The maximum absolute atomic E-state index is 13.3. The van der Waals surface area contributed by atoms with Gasteiger partial charge in [0, 0.05) is 5.56 Å². The van der Waals surface area contributed by atoms with Crippen molar-refractivity contribution in [2.45, 2.75) is 20.0 Å². The monoisotopic (exact) mass is 380 g/mol. The van der Waals surface area contributed by atoms with Crippen LogP contribution in [0.4, 0.5) is 5.69 Å². The molecule has 2 aromatic rings. The van der Waals surface area contributed by atoms with Crippen LogP contribution in [0.25, 0.3) is 0 Å². The summed E-state index contributed by atoms with van der Waals surface area (Å²) in [4.78, 5) is 32.8. The van der Waals surface area contributed by atoms with Gasteiger partial charge in [-0.3, -0.25) is 9.59 Å². The van der Waals surface area contributed by atoms with E-state index in [2.05, 4.69) is 5.16 Å². The van der Waals surface area contributed by atoms with E-state index in [1.165, 1.54) is 19.1 Å². The Morgan fingerprint density at radius 1 is 1.00 bits per heavy atom. The topological polar surface area (TPSA) is 77.4 Å². The van der Waals surface area contributed by atoms with Gasteiger partial charge in [0.15, 0.2) is 11.5 Å². The van der Waals surface area contributed by atoms with Crippen LogP contribution in [0.3, 0.4) is 0 Å². The van der Waals surface area contributed by atoms with Gasteiger partial charge >= 0.3 is 0 Å². The molecular weight excluding hydrogens is 360 g/mol. The molecule has 2 amide bonds. The number of nitrogens with zero attached hydrogens (tertiary/aromatic N) is 2. The third-order valence-corrected chi connectivity index (χ3v) is 5.31. The SMILES string of the molecule is COc1cccc(C2=NOC3C(=O)N(c4cccc(C)c4C)C(=O)C23)c1OC. The second-order valence-electron chi connectivity index (χ2n) is 6.75. The molecule has 2 unspecified atom stereocenters. The average Bonchev–Trinajstić information content (AvgIpc) is 3.24. The molecule has 28 heavy (non-hydrogen) atoms. The number of anilines is 1. The molecule has 0 radical (unpaired) electrons. The van der Waals surface area contributed by atoms with Crippen LogP contribution in [-0.4, -0.2) is 37.8 Å². The van der Waals surface area contributed by atoms with Crippen molar-refractivity contribution in [1.29, 1.82) is 0 Å². The average molecular weight is 380 g/mol. The number of fused-ring (bicyclic) bond motifs is 1. The minimum atomic E-state index is -0.974. The highest BCUT2D eigenvalue weighted by atomic mass is 16.7. The molecule has 2 atom stereocenters. The lowest BCUT2D eigenvalue weighted by molar-refractivity contribution is -0.126. The number of methoxy groups -OCH3 is 2. The first-order chi connectivity index (χ1) is 13.5. The Bertz CT molecular complexity index is 1010. The molecule has 0 N–H and O–H groups in total. The first kappa shape index (κ1) is 18.0. The number of hydrogen-bond acceptors (Lipinski definition) is 6. The summed E-state index contributed by atoms with van der Waals surface area (Å²) in [5, 5.41) is 4.06. The Morgan fingerprint density at radius 2 is 1.75 bits per heavy atom. The zero-order chi connectivity index (χ0) is 20.0. The fourth-order valence-electron chi connectivity index (χ4n) is 3.70. The van der Waals surface area contributed by atoms with Crippen LogP contribution < -0.4 is 14.4 Å².